The first-order chi connectivity index (χ1) is 3.31. The van der Waals surface area contributed by atoms with E-state index in [1.165, 1.54) is 0 Å². The molecule has 0 aromatic rings. The second-order valence-corrected chi connectivity index (χ2v) is 1.16. The van der Waals surface area contributed by atoms with Crippen molar-refractivity contribution in [2.45, 2.75) is 6.42 Å². The van der Waals surface area contributed by atoms with E-state index in [1.807, 2.05) is 0 Å². The van der Waals surface area contributed by atoms with Crippen LogP contribution in [0.3, 0.4) is 0 Å². The van der Waals surface area contributed by atoms with Crippen LogP contribution in [0.15, 0.2) is 12.7 Å². The van der Waals surface area contributed by atoms with Gasteiger partial charge in [0, 0.05) is 0 Å². The second kappa shape index (κ2) is 3.21. The number of hydrazone groups is 1. The van der Waals surface area contributed by atoms with Gasteiger partial charge < -0.3 is 0 Å². The van der Waals surface area contributed by atoms with Gasteiger partial charge in [-0.1, -0.05) is 6.08 Å². The molecule has 7 heavy (non-hydrogen) atoms. The first kappa shape index (κ1) is 6.01. The summed E-state index contributed by atoms with van der Waals surface area (Å²) in [6, 6.07) is 0. The van der Waals surface area contributed by atoms with Crippen molar-refractivity contribution < 1.29 is 5.10 Å². The monoisotopic (exact) mass is 100 g/mol. The molecule has 3 nitrogen and oxygen atoms in total. The molecule has 0 fully saturated rings. The molecule has 0 aromatic heterocycles. The lowest BCUT2D eigenvalue weighted by Crippen LogP contribution is -2.82. The lowest BCUT2D eigenvalue weighted by Gasteiger charge is -1.79. The summed E-state index contributed by atoms with van der Waals surface area (Å²) >= 11 is 0. The fraction of sp³-hybridized carbons (Fsp3) is 0.250. The smallest absolute Gasteiger partial charge is 0.266 e. The van der Waals surface area contributed by atoms with Gasteiger partial charge in [-0.2, -0.15) is 5.10 Å². The van der Waals surface area contributed by atoms with Crippen LogP contribution in [0.25, 0.3) is 0 Å². The van der Waals surface area contributed by atoms with Gasteiger partial charge in [-0.25, -0.2) is 0 Å². The van der Waals surface area contributed by atoms with Crippen LogP contribution >= 0.6 is 0 Å². The Morgan fingerprint density at radius 1 is 1.86 bits per heavy atom. The Bertz CT molecular complexity index is 84.9. The molecule has 0 amide bonds. The number of nitrogens with two attached hydrogens (primary N) is 2. The molecule has 0 spiro atoms. The number of hydrogen-bond donors (Lipinski definition) is 3. The zero-order valence-corrected chi connectivity index (χ0v) is 4.15. The quantitative estimate of drug-likeness (QED) is 0.122. The number of hydrogen-bond acceptors (Lipinski definition) is 1. The van der Waals surface area contributed by atoms with Crippen LogP contribution in [-0.4, -0.2) is 5.84 Å². The van der Waals surface area contributed by atoms with E-state index in [0.717, 1.165) is 0 Å². The van der Waals surface area contributed by atoms with Crippen molar-refractivity contribution >= 4 is 5.84 Å². The summed E-state index contributed by atoms with van der Waals surface area (Å²) in [5.41, 5.74) is 5.19. The van der Waals surface area contributed by atoms with E-state index in [1.54, 1.807) is 6.08 Å². The third-order valence-electron chi connectivity index (χ3n) is 0.550. The molecule has 0 heterocycles. The van der Waals surface area contributed by atoms with E-state index in [4.69, 9.17) is 11.6 Å². The minimum Gasteiger partial charge on any atom is -0.289 e. The van der Waals surface area contributed by atoms with Crippen molar-refractivity contribution in [2.24, 2.45) is 11.6 Å². The maximum atomic E-state index is 5.19. The van der Waals surface area contributed by atoms with Crippen molar-refractivity contribution in [3.05, 3.63) is 12.7 Å². The molecule has 0 saturated heterocycles. The molecular weight excluding hydrogens is 90.1 g/mol. The topological polar surface area (TPSA) is 66.0 Å². The standard InChI is InChI=1S/C4H9N3/c1-2-3-4(5)7-6/h2H,1,3,6H2,(H2,5,7)/p+1. The van der Waals surface area contributed by atoms with Gasteiger partial charge in [-0.05, 0) is 0 Å². The van der Waals surface area contributed by atoms with E-state index in [9.17, 15) is 0 Å². The molecule has 0 unspecified atom stereocenters. The van der Waals surface area contributed by atoms with Crippen LogP contribution in [0.4, 0.5) is 0 Å². The second-order valence-electron chi connectivity index (χ2n) is 1.16. The lowest BCUT2D eigenvalue weighted by molar-refractivity contribution is -0.471. The highest BCUT2D eigenvalue weighted by Gasteiger charge is 1.87. The van der Waals surface area contributed by atoms with E-state index in [-0.39, 0.29) is 0 Å². The molecule has 0 atom stereocenters. The molecule has 0 aliphatic carbocycles. The summed E-state index contributed by atoms with van der Waals surface area (Å²) in [5, 5.41) is 2.29. The van der Waals surface area contributed by atoms with Crippen LogP contribution in [0.5, 0.6) is 0 Å². The summed E-state index contributed by atoms with van der Waals surface area (Å²) in [6.45, 7) is 3.45. The maximum absolute atomic E-state index is 5.19. The molecule has 0 rings (SSSR count). The van der Waals surface area contributed by atoms with Crippen molar-refractivity contribution in [1.82, 2.24) is 0 Å². The van der Waals surface area contributed by atoms with Crippen molar-refractivity contribution in [2.75, 3.05) is 0 Å². The van der Waals surface area contributed by atoms with Crippen LogP contribution in [0.1, 0.15) is 6.42 Å². The van der Waals surface area contributed by atoms with Gasteiger partial charge in [0.15, 0.2) is 0 Å². The zero-order chi connectivity index (χ0) is 5.70. The van der Waals surface area contributed by atoms with Gasteiger partial charge in [-0.15, -0.1) is 6.58 Å². The van der Waals surface area contributed by atoms with Gasteiger partial charge in [0.2, 0.25) is 0 Å². The van der Waals surface area contributed by atoms with E-state index >= 15 is 0 Å². The number of amidine groups is 1. The minimum atomic E-state index is 0.537. The Hall–Kier alpha value is -0.990. The predicted octanol–water partition coefficient (Wildman–Crippen LogP) is -2.13. The van der Waals surface area contributed by atoms with Gasteiger partial charge >= 0.3 is 0 Å². The first-order valence-electron chi connectivity index (χ1n) is 2.00. The first-order valence-corrected chi connectivity index (χ1v) is 2.00. The highest BCUT2D eigenvalue weighted by Crippen LogP contribution is 1.68. The predicted molar refractivity (Wildman–Crippen MR) is 29.2 cm³/mol. The van der Waals surface area contributed by atoms with Crippen molar-refractivity contribution in [3.8, 4) is 0 Å². The Morgan fingerprint density at radius 3 is 2.57 bits per heavy atom. The molecule has 5 N–H and O–H groups in total. The molecular formula is C4H10N3+. The number of nitrogens with one attached hydrogen (secondary N) is 1. The molecule has 0 radical (unpaired) electrons. The summed E-state index contributed by atoms with van der Waals surface area (Å²) < 4.78 is 0. The lowest BCUT2D eigenvalue weighted by atomic mass is 10.4. The van der Waals surface area contributed by atoms with Gasteiger partial charge in [0.25, 0.3) is 5.84 Å². The van der Waals surface area contributed by atoms with Gasteiger partial charge in [-0.3, -0.25) is 11.6 Å². The Balaban J connectivity index is 3.36. The summed E-state index contributed by atoms with van der Waals surface area (Å²) in [7, 11) is 0. The third-order valence-corrected chi connectivity index (χ3v) is 0.550. The van der Waals surface area contributed by atoms with E-state index < -0.39 is 0 Å². The Labute approximate surface area is 42.7 Å². The van der Waals surface area contributed by atoms with Crippen LogP contribution in [-0.2, 0) is 0 Å². The Kier molecular flexibility index (Phi) is 2.76. The molecule has 0 aliphatic heterocycles. The van der Waals surface area contributed by atoms with Gasteiger partial charge in [0.1, 0.15) is 0 Å². The molecule has 0 bridgehead atoms. The van der Waals surface area contributed by atoms with E-state index in [2.05, 4.69) is 11.7 Å². The van der Waals surface area contributed by atoms with Crippen LogP contribution in [0.2, 0.25) is 0 Å². The fourth-order valence-corrected chi connectivity index (χ4v) is 0.214. The minimum absolute atomic E-state index is 0.537. The summed E-state index contributed by atoms with van der Waals surface area (Å²) in [6.07, 6.45) is 2.30. The number of hydrazine groups is 1. The normalized spacial score (nSPS) is 11.1. The average molecular weight is 100 g/mol. The molecule has 0 aromatic carbocycles. The highest BCUT2D eigenvalue weighted by molar-refractivity contribution is 5.75. The van der Waals surface area contributed by atoms with Crippen LogP contribution in [0, 0.1) is 0 Å². The van der Waals surface area contributed by atoms with Crippen LogP contribution < -0.4 is 16.7 Å². The summed E-state index contributed by atoms with van der Waals surface area (Å²) in [4.78, 5) is 0. The Morgan fingerprint density at radius 2 is 2.43 bits per heavy atom. The maximum Gasteiger partial charge on any atom is 0.266 e. The van der Waals surface area contributed by atoms with Crippen molar-refractivity contribution in [1.29, 1.82) is 0 Å². The largest absolute Gasteiger partial charge is 0.289 e. The molecule has 0 aliphatic rings. The SMILES string of the molecule is C=CCC(N)=[NH+]N. The van der Waals surface area contributed by atoms with Gasteiger partial charge in [0.05, 0.1) is 6.42 Å². The highest BCUT2D eigenvalue weighted by atomic mass is 15.1. The molecule has 40 valence electrons. The third kappa shape index (κ3) is 2.82. The number of rotatable bonds is 2. The molecule has 3 heteroatoms. The molecule has 0 saturated carbocycles. The zero-order valence-electron chi connectivity index (χ0n) is 4.15. The van der Waals surface area contributed by atoms with E-state index in [0.29, 0.717) is 12.3 Å². The fourth-order valence-electron chi connectivity index (χ4n) is 0.214. The summed E-state index contributed by atoms with van der Waals surface area (Å²) in [5.74, 6) is 5.44. The van der Waals surface area contributed by atoms with Crippen molar-refractivity contribution in [3.63, 3.8) is 0 Å². The average Bonchev–Trinajstić information content (AvgIpc) is 1.68.